The van der Waals surface area contributed by atoms with Crippen LogP contribution in [-0.4, -0.2) is 66.0 Å². The average molecular weight is 456 g/mol. The van der Waals surface area contributed by atoms with Crippen LogP contribution in [0, 0.1) is 17.6 Å². The number of thiol groups is 1. The van der Waals surface area contributed by atoms with Crippen molar-refractivity contribution >= 4 is 30.1 Å². The number of piperidine rings is 1. The number of fused-ring (bicyclic) bond motifs is 3. The molecule has 0 radical (unpaired) electrons. The molecular weight excluding hydrogens is 432 g/mol. The lowest BCUT2D eigenvalue weighted by molar-refractivity contribution is -0.131. The Hall–Kier alpha value is -1.51. The molecule has 4 aliphatic rings. The zero-order valence-electron chi connectivity index (χ0n) is 16.9. The summed E-state index contributed by atoms with van der Waals surface area (Å²) >= 11 is 10.7. The van der Waals surface area contributed by atoms with E-state index in [9.17, 15) is 13.6 Å². The van der Waals surface area contributed by atoms with Crippen molar-refractivity contribution in [1.82, 2.24) is 14.7 Å². The van der Waals surface area contributed by atoms with Crippen molar-refractivity contribution in [2.45, 2.75) is 36.2 Å². The third-order valence-corrected chi connectivity index (χ3v) is 8.14. The molecule has 2 saturated heterocycles. The van der Waals surface area contributed by atoms with Crippen molar-refractivity contribution in [2.75, 3.05) is 33.9 Å². The molecular formula is C21H24ClF2N3O2S. The van der Waals surface area contributed by atoms with Crippen molar-refractivity contribution in [3.05, 3.63) is 45.7 Å². The maximum atomic E-state index is 14.8. The van der Waals surface area contributed by atoms with Gasteiger partial charge in [-0.15, -0.1) is 12.6 Å². The van der Waals surface area contributed by atoms with Gasteiger partial charge in [0, 0.05) is 55.5 Å². The molecule has 3 aliphatic heterocycles. The third-order valence-electron chi connectivity index (χ3n) is 7.22. The summed E-state index contributed by atoms with van der Waals surface area (Å²) in [4.78, 5) is 18.8. The van der Waals surface area contributed by atoms with E-state index in [-0.39, 0.29) is 40.4 Å². The molecule has 162 valence electrons. The Bertz CT molecular complexity index is 954. The van der Waals surface area contributed by atoms with E-state index in [1.165, 1.54) is 12.1 Å². The Balaban J connectivity index is 1.47. The van der Waals surface area contributed by atoms with Gasteiger partial charge < -0.3 is 19.4 Å². The quantitative estimate of drug-likeness (QED) is 0.558. The van der Waals surface area contributed by atoms with Crippen LogP contribution in [-0.2, 0) is 14.9 Å². The van der Waals surface area contributed by atoms with Gasteiger partial charge in [-0.1, -0.05) is 11.6 Å². The average Bonchev–Trinajstić information content (AvgIpc) is 3.04. The second-order valence-corrected chi connectivity index (χ2v) is 9.62. The molecule has 1 aliphatic carbocycles. The number of allylic oxidation sites excluding steroid dienone is 1. The molecule has 1 amide bonds. The van der Waals surface area contributed by atoms with Gasteiger partial charge >= 0.3 is 0 Å². The fourth-order valence-corrected chi connectivity index (χ4v) is 5.89. The van der Waals surface area contributed by atoms with Gasteiger partial charge in [-0.3, -0.25) is 4.79 Å². The number of halogens is 3. The van der Waals surface area contributed by atoms with E-state index in [1.54, 1.807) is 4.90 Å². The van der Waals surface area contributed by atoms with Crippen molar-refractivity contribution in [1.29, 1.82) is 0 Å². The number of ether oxygens (including phenoxy) is 1. The number of carbonyl (C=O) groups excluding carboxylic acids is 1. The Kier molecular flexibility index (Phi) is 4.76. The SMILES string of the molecule is CN1C(CC(=O)N(C)[C@@H]2CCOC2)=C2[C@@H]3C[C@]3(c3c(F)ccc(Cl)c3F)CN2C1S. The minimum absolute atomic E-state index is 0.0144. The van der Waals surface area contributed by atoms with Gasteiger partial charge in [0.2, 0.25) is 5.91 Å². The Morgan fingerprint density at radius 1 is 1.43 bits per heavy atom. The molecule has 1 unspecified atom stereocenters. The molecule has 9 heteroatoms. The molecule has 3 heterocycles. The van der Waals surface area contributed by atoms with Crippen LogP contribution in [0.4, 0.5) is 8.78 Å². The van der Waals surface area contributed by atoms with E-state index in [0.29, 0.717) is 26.2 Å². The number of nitrogens with zero attached hydrogens (tertiary/aromatic N) is 3. The predicted octanol–water partition coefficient (Wildman–Crippen LogP) is 3.20. The summed E-state index contributed by atoms with van der Waals surface area (Å²) in [6, 6.07) is 2.58. The molecule has 5 rings (SSSR count). The van der Waals surface area contributed by atoms with Crippen molar-refractivity contribution < 1.29 is 18.3 Å². The van der Waals surface area contributed by atoms with Crippen LogP contribution in [0.2, 0.25) is 5.02 Å². The van der Waals surface area contributed by atoms with Gasteiger partial charge in [0.05, 0.1) is 24.1 Å². The fourth-order valence-electron chi connectivity index (χ4n) is 5.38. The Morgan fingerprint density at radius 2 is 2.20 bits per heavy atom. The molecule has 1 aromatic carbocycles. The molecule has 1 aromatic rings. The maximum absolute atomic E-state index is 14.8. The first kappa shape index (κ1) is 20.4. The molecule has 3 fully saturated rings. The summed E-state index contributed by atoms with van der Waals surface area (Å²) in [5.41, 5.74) is 1.03. The number of hydrogen-bond donors (Lipinski definition) is 1. The topological polar surface area (TPSA) is 36.0 Å². The third kappa shape index (κ3) is 2.79. The Labute approximate surface area is 185 Å². The van der Waals surface area contributed by atoms with E-state index in [2.05, 4.69) is 4.90 Å². The molecule has 0 spiro atoms. The molecule has 30 heavy (non-hydrogen) atoms. The second-order valence-electron chi connectivity index (χ2n) is 8.75. The largest absolute Gasteiger partial charge is 0.379 e. The monoisotopic (exact) mass is 455 g/mol. The molecule has 0 aromatic heterocycles. The summed E-state index contributed by atoms with van der Waals surface area (Å²) < 4.78 is 34.9. The summed E-state index contributed by atoms with van der Waals surface area (Å²) in [6.45, 7) is 1.69. The number of rotatable bonds is 4. The number of hydrogen-bond acceptors (Lipinski definition) is 5. The van der Waals surface area contributed by atoms with Crippen LogP contribution in [0.5, 0.6) is 0 Å². The lowest BCUT2D eigenvalue weighted by atomic mass is 9.93. The highest BCUT2D eigenvalue weighted by Crippen LogP contribution is 2.67. The normalized spacial score (nSPS) is 32.0. The predicted molar refractivity (Wildman–Crippen MR) is 112 cm³/mol. The lowest BCUT2D eigenvalue weighted by Crippen LogP contribution is -2.39. The first-order chi connectivity index (χ1) is 14.3. The summed E-state index contributed by atoms with van der Waals surface area (Å²) in [5.74, 6) is -1.27. The van der Waals surface area contributed by atoms with Crippen molar-refractivity contribution in [3.8, 4) is 0 Å². The smallest absolute Gasteiger partial charge is 0.228 e. The van der Waals surface area contributed by atoms with Crippen LogP contribution < -0.4 is 0 Å². The van der Waals surface area contributed by atoms with Crippen LogP contribution >= 0.6 is 24.2 Å². The minimum atomic E-state index is -0.677. The van der Waals surface area contributed by atoms with E-state index >= 15 is 0 Å². The molecule has 4 atom stereocenters. The van der Waals surface area contributed by atoms with E-state index in [4.69, 9.17) is 29.0 Å². The minimum Gasteiger partial charge on any atom is -0.379 e. The van der Waals surface area contributed by atoms with Crippen LogP contribution in [0.15, 0.2) is 23.5 Å². The second kappa shape index (κ2) is 7.00. The summed E-state index contributed by atoms with van der Waals surface area (Å²) in [6.07, 6.45) is 1.72. The van der Waals surface area contributed by atoms with E-state index in [0.717, 1.165) is 17.8 Å². The summed E-state index contributed by atoms with van der Waals surface area (Å²) in [7, 11) is 3.72. The highest BCUT2D eigenvalue weighted by atomic mass is 35.5. The van der Waals surface area contributed by atoms with Crippen molar-refractivity contribution in [2.24, 2.45) is 5.92 Å². The zero-order valence-corrected chi connectivity index (χ0v) is 18.5. The van der Waals surface area contributed by atoms with Gasteiger partial charge in [0.1, 0.15) is 17.1 Å². The summed E-state index contributed by atoms with van der Waals surface area (Å²) in [5, 5.41) is -0.0668. The van der Waals surface area contributed by atoms with Crippen LogP contribution in [0.1, 0.15) is 24.8 Å². The number of likely N-dealkylation sites (N-methyl/N-ethyl adjacent to an activating group) is 1. The highest BCUT2D eigenvalue weighted by Gasteiger charge is 2.68. The van der Waals surface area contributed by atoms with Gasteiger partial charge in [-0.25, -0.2) is 8.78 Å². The molecule has 0 N–H and O–H groups in total. The van der Waals surface area contributed by atoms with Crippen LogP contribution in [0.3, 0.4) is 0 Å². The standard InChI is InChI=1S/C21H24ClF2N3O2S/c1-25(11-5-6-29-9-11)16(28)7-15-19-12-8-21(12,10-27(19)20(30)26(15)2)17-14(23)4-3-13(22)18(17)24/h3-4,11-12,20,30H,5-10H2,1-2H3/t11-,12+,20?,21+/m1/s1. The molecule has 0 bridgehead atoms. The van der Waals surface area contributed by atoms with Gasteiger partial charge in [0.15, 0.2) is 0 Å². The van der Waals surface area contributed by atoms with Gasteiger partial charge in [0.25, 0.3) is 0 Å². The molecule has 1 saturated carbocycles. The fraction of sp³-hybridized carbons (Fsp3) is 0.571. The first-order valence-corrected chi connectivity index (χ1v) is 11.0. The Morgan fingerprint density at radius 3 is 2.90 bits per heavy atom. The van der Waals surface area contributed by atoms with E-state index in [1.807, 2.05) is 19.0 Å². The number of benzene rings is 1. The van der Waals surface area contributed by atoms with E-state index < -0.39 is 17.0 Å². The maximum Gasteiger partial charge on any atom is 0.228 e. The number of carbonyl (C=O) groups is 1. The van der Waals surface area contributed by atoms with Crippen molar-refractivity contribution in [3.63, 3.8) is 0 Å². The number of amides is 1. The zero-order chi connectivity index (χ0) is 21.4. The lowest BCUT2D eigenvalue weighted by Gasteiger charge is -2.30. The molecule has 5 nitrogen and oxygen atoms in total. The highest BCUT2D eigenvalue weighted by molar-refractivity contribution is 7.80. The first-order valence-electron chi connectivity index (χ1n) is 10.1. The van der Waals surface area contributed by atoms with Gasteiger partial charge in [-0.05, 0) is 25.0 Å². The van der Waals surface area contributed by atoms with Crippen LogP contribution in [0.25, 0.3) is 0 Å². The van der Waals surface area contributed by atoms with Gasteiger partial charge in [-0.2, -0.15) is 0 Å².